The third kappa shape index (κ3) is 5.76. The third-order valence-corrected chi connectivity index (χ3v) is 7.40. The van der Waals surface area contributed by atoms with Crippen molar-refractivity contribution < 1.29 is 18.7 Å². The number of nitrogens with one attached hydrogen (secondary N) is 1. The van der Waals surface area contributed by atoms with Gasteiger partial charge in [-0.3, -0.25) is 4.90 Å². The molecular formula is C28H36N6O5. The van der Waals surface area contributed by atoms with Crippen molar-refractivity contribution in [1.29, 1.82) is 0 Å². The maximum Gasteiger partial charge on any atom is 0.434 e. The zero-order valence-electron chi connectivity index (χ0n) is 23.0. The molecule has 208 valence electrons. The lowest BCUT2D eigenvalue weighted by Gasteiger charge is -2.42. The van der Waals surface area contributed by atoms with Crippen LogP contribution in [0.1, 0.15) is 63.8 Å². The minimum Gasteiger partial charge on any atom is -0.444 e. The van der Waals surface area contributed by atoms with Crippen LogP contribution in [-0.2, 0) is 4.74 Å². The number of amides is 3. The number of aryl methyl sites for hydroxylation is 1. The van der Waals surface area contributed by atoms with E-state index in [4.69, 9.17) is 14.1 Å². The molecule has 0 spiro atoms. The number of hydrogen-bond donors (Lipinski definition) is 1. The molecule has 2 aromatic heterocycles. The molecule has 11 nitrogen and oxygen atoms in total. The predicted molar refractivity (Wildman–Crippen MR) is 146 cm³/mol. The van der Waals surface area contributed by atoms with Gasteiger partial charge in [0.2, 0.25) is 5.89 Å². The highest BCUT2D eigenvalue weighted by molar-refractivity contribution is 6.03. The molecule has 0 aliphatic carbocycles. The van der Waals surface area contributed by atoms with Gasteiger partial charge in [0.1, 0.15) is 11.4 Å². The smallest absolute Gasteiger partial charge is 0.434 e. The molecule has 2 aliphatic rings. The molecule has 0 unspecified atom stereocenters. The lowest BCUT2D eigenvalue weighted by Crippen LogP contribution is -2.57. The van der Waals surface area contributed by atoms with E-state index in [1.165, 1.54) is 0 Å². The van der Waals surface area contributed by atoms with Crippen molar-refractivity contribution in [3.63, 3.8) is 0 Å². The van der Waals surface area contributed by atoms with E-state index in [0.717, 1.165) is 29.2 Å². The van der Waals surface area contributed by atoms with Gasteiger partial charge < -0.3 is 19.0 Å². The first-order valence-corrected chi connectivity index (χ1v) is 13.6. The molecule has 2 fully saturated rings. The average molecular weight is 537 g/mol. The molecule has 2 saturated heterocycles. The lowest BCUT2D eigenvalue weighted by atomic mass is 9.96. The van der Waals surface area contributed by atoms with E-state index in [9.17, 15) is 14.4 Å². The fourth-order valence-corrected chi connectivity index (χ4v) is 5.53. The van der Waals surface area contributed by atoms with Gasteiger partial charge in [-0.2, -0.15) is 0 Å². The SMILES string of the molecule is Cc1cccc2ccnc(N(C(=O)N3CCC(c4n[nH]c(=O)o4)CC3)[C@@H]3CCCN(C(=O)OC(C)(C)C)C3)c12. The maximum absolute atomic E-state index is 14.3. The van der Waals surface area contributed by atoms with Gasteiger partial charge >= 0.3 is 17.9 Å². The Balaban J connectivity index is 1.45. The van der Waals surface area contributed by atoms with Gasteiger partial charge in [0, 0.05) is 43.7 Å². The largest absolute Gasteiger partial charge is 0.444 e. The van der Waals surface area contributed by atoms with Crippen LogP contribution >= 0.6 is 0 Å². The number of carbonyl (C=O) groups is 2. The molecule has 0 radical (unpaired) electrons. The second kappa shape index (κ2) is 10.7. The highest BCUT2D eigenvalue weighted by Gasteiger charge is 2.38. The van der Waals surface area contributed by atoms with Gasteiger partial charge in [0.05, 0.1) is 6.04 Å². The van der Waals surface area contributed by atoms with Crippen molar-refractivity contribution >= 4 is 28.7 Å². The van der Waals surface area contributed by atoms with E-state index in [2.05, 4.69) is 10.2 Å². The first-order chi connectivity index (χ1) is 18.6. The predicted octanol–water partition coefficient (Wildman–Crippen LogP) is 4.43. The second-order valence-electron chi connectivity index (χ2n) is 11.4. The van der Waals surface area contributed by atoms with Gasteiger partial charge in [0.15, 0.2) is 0 Å². The van der Waals surface area contributed by atoms with Crippen LogP contribution in [0.5, 0.6) is 0 Å². The molecule has 0 saturated carbocycles. The summed E-state index contributed by atoms with van der Waals surface area (Å²) in [6, 6.07) is 7.58. The second-order valence-corrected chi connectivity index (χ2v) is 11.4. The fourth-order valence-electron chi connectivity index (χ4n) is 5.53. The molecule has 3 amide bonds. The van der Waals surface area contributed by atoms with Crippen molar-refractivity contribution in [2.45, 2.75) is 70.9 Å². The number of pyridine rings is 1. The summed E-state index contributed by atoms with van der Waals surface area (Å²) in [4.78, 5) is 48.7. The summed E-state index contributed by atoms with van der Waals surface area (Å²) in [5.74, 6) is 0.387. The maximum atomic E-state index is 14.3. The molecule has 11 heteroatoms. The molecule has 1 atom stereocenters. The van der Waals surface area contributed by atoms with E-state index in [-0.39, 0.29) is 24.1 Å². The number of rotatable bonds is 3. The summed E-state index contributed by atoms with van der Waals surface area (Å²) >= 11 is 0. The van der Waals surface area contributed by atoms with E-state index in [1.807, 2.05) is 56.9 Å². The van der Waals surface area contributed by atoms with Crippen LogP contribution in [0, 0.1) is 6.92 Å². The zero-order valence-corrected chi connectivity index (χ0v) is 23.0. The van der Waals surface area contributed by atoms with Crippen molar-refractivity contribution in [2.75, 3.05) is 31.1 Å². The molecule has 2 aliphatic heterocycles. The minimum absolute atomic E-state index is 0.0308. The summed E-state index contributed by atoms with van der Waals surface area (Å²) in [7, 11) is 0. The molecule has 0 bridgehead atoms. The third-order valence-electron chi connectivity index (χ3n) is 7.40. The number of nitrogens with zero attached hydrogens (tertiary/aromatic N) is 5. The molecule has 1 N–H and O–H groups in total. The average Bonchev–Trinajstić information content (AvgIpc) is 3.34. The number of carbonyl (C=O) groups excluding carboxylic acids is 2. The number of fused-ring (bicyclic) bond motifs is 1. The van der Waals surface area contributed by atoms with Crippen molar-refractivity contribution in [1.82, 2.24) is 25.0 Å². The number of urea groups is 1. The van der Waals surface area contributed by atoms with Crippen LogP contribution in [-0.4, -0.2) is 74.9 Å². The number of ether oxygens (including phenoxy) is 1. The molecule has 3 aromatic rings. The number of hydrogen-bond acceptors (Lipinski definition) is 7. The fraction of sp³-hybridized carbons (Fsp3) is 0.536. The zero-order chi connectivity index (χ0) is 27.7. The summed E-state index contributed by atoms with van der Waals surface area (Å²) in [6.07, 6.45) is 4.11. The van der Waals surface area contributed by atoms with Crippen molar-refractivity contribution in [3.8, 4) is 0 Å². The minimum atomic E-state index is -0.606. The molecule has 39 heavy (non-hydrogen) atoms. The van der Waals surface area contributed by atoms with Crippen molar-refractivity contribution in [2.24, 2.45) is 0 Å². The lowest BCUT2D eigenvalue weighted by molar-refractivity contribution is 0.0197. The molecule has 1 aromatic carbocycles. The van der Waals surface area contributed by atoms with Gasteiger partial charge in [-0.15, -0.1) is 5.10 Å². The normalized spacial score (nSPS) is 18.8. The Morgan fingerprint density at radius 1 is 1.10 bits per heavy atom. The number of benzene rings is 1. The van der Waals surface area contributed by atoms with Gasteiger partial charge in [-0.05, 0) is 70.4 Å². The number of piperidine rings is 2. The Labute approximate surface area is 227 Å². The van der Waals surface area contributed by atoms with Gasteiger partial charge in [-0.25, -0.2) is 24.5 Å². The highest BCUT2D eigenvalue weighted by Crippen LogP contribution is 2.34. The molecule has 4 heterocycles. The van der Waals surface area contributed by atoms with E-state index < -0.39 is 11.4 Å². The van der Waals surface area contributed by atoms with Crippen LogP contribution < -0.4 is 10.7 Å². The Morgan fingerprint density at radius 3 is 2.56 bits per heavy atom. The summed E-state index contributed by atoms with van der Waals surface area (Å²) in [6.45, 7) is 9.49. The highest BCUT2D eigenvalue weighted by atomic mass is 16.6. The van der Waals surface area contributed by atoms with E-state index >= 15 is 0 Å². The molecular weight excluding hydrogens is 500 g/mol. The summed E-state index contributed by atoms with van der Waals surface area (Å²) < 4.78 is 10.8. The number of anilines is 1. The Bertz CT molecular complexity index is 1400. The number of likely N-dealkylation sites (tertiary alicyclic amines) is 2. The Hall–Kier alpha value is -3.89. The number of aromatic nitrogens is 3. The van der Waals surface area contributed by atoms with Crippen molar-refractivity contribution in [3.05, 3.63) is 52.5 Å². The Morgan fingerprint density at radius 2 is 1.87 bits per heavy atom. The number of H-pyrrole nitrogens is 1. The van der Waals surface area contributed by atoms with Crippen LogP contribution in [0.4, 0.5) is 15.4 Å². The Kier molecular flexibility index (Phi) is 7.33. The van der Waals surface area contributed by atoms with Crippen LogP contribution in [0.2, 0.25) is 0 Å². The molecule has 5 rings (SSSR count). The monoisotopic (exact) mass is 536 g/mol. The summed E-state index contributed by atoms with van der Waals surface area (Å²) in [5.41, 5.74) is 0.423. The van der Waals surface area contributed by atoms with Crippen LogP contribution in [0.15, 0.2) is 39.7 Å². The van der Waals surface area contributed by atoms with Gasteiger partial charge in [0.25, 0.3) is 0 Å². The van der Waals surface area contributed by atoms with E-state index in [0.29, 0.717) is 50.7 Å². The summed E-state index contributed by atoms with van der Waals surface area (Å²) in [5, 5.41) is 8.23. The first-order valence-electron chi connectivity index (χ1n) is 13.6. The van der Waals surface area contributed by atoms with E-state index in [1.54, 1.807) is 16.0 Å². The topological polar surface area (TPSA) is 125 Å². The van der Waals surface area contributed by atoms with Crippen LogP contribution in [0.25, 0.3) is 10.8 Å². The van der Waals surface area contributed by atoms with Gasteiger partial charge in [-0.1, -0.05) is 18.2 Å². The standard InChI is InChI=1S/C28H36N6O5/c1-18-7-5-8-19-10-13-29-23(22(18)19)34(21-9-6-14-33(17-21)27(37)39-28(2,3)4)26(36)32-15-11-20(12-16-32)24-30-31-25(35)38-24/h5,7-8,10,13,20-21H,6,9,11-12,14-17H2,1-4H3,(H,31,35)/t21-/m1/s1. The number of aromatic amines is 1. The van der Waals surface area contributed by atoms with Crippen LogP contribution in [0.3, 0.4) is 0 Å². The quantitative estimate of drug-likeness (QED) is 0.525. The first kappa shape index (κ1) is 26.7.